The van der Waals surface area contributed by atoms with E-state index in [-0.39, 0.29) is 0 Å². The summed E-state index contributed by atoms with van der Waals surface area (Å²) in [5, 5.41) is 3.71. The summed E-state index contributed by atoms with van der Waals surface area (Å²) in [6, 6.07) is 0.789. The molecule has 0 aromatic rings. The van der Waals surface area contributed by atoms with E-state index in [1.54, 1.807) is 0 Å². The van der Waals surface area contributed by atoms with Crippen LogP contribution >= 0.6 is 11.8 Å². The molecule has 1 aliphatic carbocycles. The Morgan fingerprint density at radius 1 is 1.24 bits per heavy atom. The highest BCUT2D eigenvalue weighted by atomic mass is 32.2. The van der Waals surface area contributed by atoms with E-state index in [1.807, 2.05) is 0 Å². The molecule has 3 heteroatoms. The zero-order valence-corrected chi connectivity index (χ0v) is 12.7. The molecule has 1 unspecified atom stereocenters. The van der Waals surface area contributed by atoms with E-state index in [4.69, 9.17) is 0 Å². The second kappa shape index (κ2) is 9.23. The summed E-state index contributed by atoms with van der Waals surface area (Å²) in [6.45, 7) is 11.6. The molecule has 2 nitrogen and oxygen atoms in total. The zero-order valence-electron chi connectivity index (χ0n) is 11.9. The molecule has 0 radical (unpaired) electrons. The maximum atomic E-state index is 3.71. The van der Waals surface area contributed by atoms with E-state index in [0.29, 0.717) is 0 Å². The molecule has 0 heterocycles. The van der Waals surface area contributed by atoms with E-state index in [1.165, 1.54) is 56.9 Å². The van der Waals surface area contributed by atoms with Gasteiger partial charge in [0.05, 0.1) is 0 Å². The average molecular weight is 258 g/mol. The molecule has 1 aliphatic rings. The van der Waals surface area contributed by atoms with Crippen LogP contribution < -0.4 is 5.32 Å². The van der Waals surface area contributed by atoms with Gasteiger partial charge in [0.1, 0.15) is 0 Å². The highest BCUT2D eigenvalue weighted by molar-refractivity contribution is 7.99. The van der Waals surface area contributed by atoms with E-state index in [9.17, 15) is 0 Å². The summed E-state index contributed by atoms with van der Waals surface area (Å²) >= 11 is 2.14. The van der Waals surface area contributed by atoms with Crippen LogP contribution in [-0.4, -0.2) is 48.6 Å². The molecule has 1 atom stereocenters. The number of rotatable bonds is 11. The Morgan fingerprint density at radius 3 is 2.47 bits per heavy atom. The maximum absolute atomic E-state index is 3.71. The van der Waals surface area contributed by atoms with Crippen molar-refractivity contribution in [3.8, 4) is 0 Å². The fourth-order valence-electron chi connectivity index (χ4n) is 2.13. The van der Waals surface area contributed by atoms with Crippen LogP contribution in [0.1, 0.15) is 40.0 Å². The van der Waals surface area contributed by atoms with Gasteiger partial charge in [0, 0.05) is 24.1 Å². The molecule has 17 heavy (non-hydrogen) atoms. The summed E-state index contributed by atoms with van der Waals surface area (Å²) in [5.41, 5.74) is 0. The predicted molar refractivity (Wildman–Crippen MR) is 79.9 cm³/mol. The first kappa shape index (κ1) is 15.3. The molecular weight excluding hydrogens is 228 g/mol. The molecule has 0 aromatic heterocycles. The topological polar surface area (TPSA) is 15.3 Å². The number of hydrogen-bond donors (Lipinski definition) is 1. The smallest absolute Gasteiger partial charge is 0.0186 e. The van der Waals surface area contributed by atoms with Crippen LogP contribution in [0, 0.1) is 5.92 Å². The van der Waals surface area contributed by atoms with Crippen molar-refractivity contribution in [3.63, 3.8) is 0 Å². The molecule has 1 rings (SSSR count). The van der Waals surface area contributed by atoms with Gasteiger partial charge in [0.15, 0.2) is 0 Å². The second-order valence-electron chi connectivity index (χ2n) is 5.00. The zero-order chi connectivity index (χ0) is 12.5. The van der Waals surface area contributed by atoms with Crippen LogP contribution in [0.25, 0.3) is 0 Å². The van der Waals surface area contributed by atoms with Gasteiger partial charge in [0.25, 0.3) is 0 Å². The van der Waals surface area contributed by atoms with Crippen molar-refractivity contribution in [1.29, 1.82) is 0 Å². The summed E-state index contributed by atoms with van der Waals surface area (Å²) in [4.78, 5) is 2.51. The Kier molecular flexibility index (Phi) is 8.33. The lowest BCUT2D eigenvalue weighted by Gasteiger charge is -2.20. The van der Waals surface area contributed by atoms with E-state index in [2.05, 4.69) is 42.7 Å². The highest BCUT2D eigenvalue weighted by Crippen LogP contribution is 2.34. The molecule has 1 saturated carbocycles. The van der Waals surface area contributed by atoms with Crippen molar-refractivity contribution in [1.82, 2.24) is 10.2 Å². The fourth-order valence-corrected chi connectivity index (χ4v) is 3.33. The van der Waals surface area contributed by atoms with Crippen molar-refractivity contribution in [2.24, 2.45) is 5.92 Å². The van der Waals surface area contributed by atoms with Crippen LogP contribution in [0.3, 0.4) is 0 Å². The first-order chi connectivity index (χ1) is 8.31. The maximum Gasteiger partial charge on any atom is 0.0186 e. The molecule has 0 spiro atoms. The average Bonchev–Trinajstić information content (AvgIpc) is 3.17. The Hall–Kier alpha value is 0.270. The lowest BCUT2D eigenvalue weighted by molar-refractivity contribution is 0.324. The van der Waals surface area contributed by atoms with E-state index in [0.717, 1.165) is 12.0 Å². The molecule has 0 bridgehead atoms. The minimum atomic E-state index is 0.789. The first-order valence-electron chi connectivity index (χ1n) is 7.35. The largest absolute Gasteiger partial charge is 0.313 e. The normalized spacial score (nSPS) is 17.6. The third-order valence-electron chi connectivity index (χ3n) is 3.59. The van der Waals surface area contributed by atoms with E-state index < -0.39 is 0 Å². The van der Waals surface area contributed by atoms with Gasteiger partial charge in [-0.15, -0.1) is 0 Å². The van der Waals surface area contributed by atoms with Gasteiger partial charge >= 0.3 is 0 Å². The molecule has 1 fully saturated rings. The van der Waals surface area contributed by atoms with Gasteiger partial charge in [-0.1, -0.05) is 20.8 Å². The highest BCUT2D eigenvalue weighted by Gasteiger charge is 2.30. The van der Waals surface area contributed by atoms with Gasteiger partial charge in [-0.3, -0.25) is 0 Å². The molecular formula is C14H30N2S. The number of nitrogens with one attached hydrogen (secondary N) is 1. The fraction of sp³-hybridized carbons (Fsp3) is 1.00. The van der Waals surface area contributed by atoms with E-state index >= 15 is 0 Å². The van der Waals surface area contributed by atoms with Crippen molar-refractivity contribution in [2.75, 3.05) is 37.7 Å². The predicted octanol–water partition coefficient (Wildman–Crippen LogP) is 2.84. The van der Waals surface area contributed by atoms with Crippen molar-refractivity contribution < 1.29 is 0 Å². The minimum Gasteiger partial charge on any atom is -0.313 e. The number of nitrogens with zero attached hydrogens (tertiary/aromatic N) is 1. The number of thioether (sulfide) groups is 1. The van der Waals surface area contributed by atoms with Crippen LogP contribution in [0.4, 0.5) is 0 Å². The third kappa shape index (κ3) is 6.68. The SMILES string of the molecule is CCCNC(CSCCN(CC)CC)C1CC1. The summed E-state index contributed by atoms with van der Waals surface area (Å²) < 4.78 is 0. The molecule has 0 aromatic carbocycles. The van der Waals surface area contributed by atoms with Gasteiger partial charge in [0.2, 0.25) is 0 Å². The van der Waals surface area contributed by atoms with Crippen LogP contribution in [0.15, 0.2) is 0 Å². The van der Waals surface area contributed by atoms with Crippen molar-refractivity contribution in [3.05, 3.63) is 0 Å². The monoisotopic (exact) mass is 258 g/mol. The van der Waals surface area contributed by atoms with Gasteiger partial charge < -0.3 is 10.2 Å². The minimum absolute atomic E-state index is 0.789. The van der Waals surface area contributed by atoms with Gasteiger partial charge in [-0.25, -0.2) is 0 Å². The standard InChI is InChI=1S/C14H30N2S/c1-4-9-15-14(13-7-8-13)12-17-11-10-16(5-2)6-3/h13-15H,4-12H2,1-3H3. The third-order valence-corrected chi connectivity index (χ3v) is 4.66. The van der Waals surface area contributed by atoms with Crippen LogP contribution in [-0.2, 0) is 0 Å². The summed E-state index contributed by atoms with van der Waals surface area (Å²) in [7, 11) is 0. The quantitative estimate of drug-likeness (QED) is 0.574. The lowest BCUT2D eigenvalue weighted by atomic mass is 10.2. The van der Waals surface area contributed by atoms with Crippen molar-refractivity contribution in [2.45, 2.75) is 46.1 Å². The number of hydrogen-bond acceptors (Lipinski definition) is 3. The molecule has 102 valence electrons. The first-order valence-corrected chi connectivity index (χ1v) is 8.50. The lowest BCUT2D eigenvalue weighted by Crippen LogP contribution is -2.34. The molecule has 1 N–H and O–H groups in total. The Bertz CT molecular complexity index is 179. The Labute approximate surface area is 112 Å². The molecule has 0 amide bonds. The van der Waals surface area contributed by atoms with Gasteiger partial charge in [-0.2, -0.15) is 11.8 Å². The van der Waals surface area contributed by atoms with Crippen LogP contribution in [0.5, 0.6) is 0 Å². The van der Waals surface area contributed by atoms with Gasteiger partial charge in [-0.05, 0) is 44.8 Å². The Morgan fingerprint density at radius 2 is 1.94 bits per heavy atom. The van der Waals surface area contributed by atoms with Crippen molar-refractivity contribution >= 4 is 11.8 Å². The van der Waals surface area contributed by atoms with Crippen LogP contribution in [0.2, 0.25) is 0 Å². The Balaban J connectivity index is 2.05. The summed E-state index contributed by atoms with van der Waals surface area (Å²) in [5.74, 6) is 3.59. The second-order valence-corrected chi connectivity index (χ2v) is 6.15. The molecule has 0 saturated heterocycles. The summed E-state index contributed by atoms with van der Waals surface area (Å²) in [6.07, 6.45) is 4.17. The molecule has 0 aliphatic heterocycles.